The van der Waals surface area contributed by atoms with E-state index in [-0.39, 0.29) is 11.8 Å². The number of carbonyl (C=O) groups is 2. The number of hydrogen-bond acceptors (Lipinski definition) is 5. The molecule has 0 fully saturated rings. The van der Waals surface area contributed by atoms with Crippen LogP contribution in [0.1, 0.15) is 53.7 Å². The number of rotatable bonds is 7. The number of pyridine rings is 1. The molecule has 0 spiro atoms. The third-order valence-electron chi connectivity index (χ3n) is 4.99. The van der Waals surface area contributed by atoms with E-state index in [1.807, 2.05) is 32.0 Å². The molecule has 1 aromatic heterocycles. The van der Waals surface area contributed by atoms with Crippen molar-refractivity contribution >= 4 is 17.6 Å². The molecule has 0 aliphatic carbocycles. The summed E-state index contributed by atoms with van der Waals surface area (Å²) in [7, 11) is 0. The van der Waals surface area contributed by atoms with Gasteiger partial charge in [0.1, 0.15) is 11.5 Å². The van der Waals surface area contributed by atoms with Crippen molar-refractivity contribution in [1.82, 2.24) is 4.98 Å². The average molecular weight is 433 g/mol. The van der Waals surface area contributed by atoms with Crippen molar-refractivity contribution in [3.8, 4) is 11.5 Å². The number of nitrogens with zero attached hydrogens (tertiary/aromatic N) is 1. The molecule has 166 valence electrons. The summed E-state index contributed by atoms with van der Waals surface area (Å²) in [6.07, 6.45) is 2.33. The van der Waals surface area contributed by atoms with Gasteiger partial charge in [0.2, 0.25) is 0 Å². The average Bonchev–Trinajstić information content (AvgIpc) is 2.76. The number of aryl methyl sites for hydroxylation is 2. The first-order chi connectivity index (χ1) is 15.2. The van der Waals surface area contributed by atoms with Crippen LogP contribution >= 0.6 is 0 Å². The molecule has 0 bridgehead atoms. The molecule has 32 heavy (non-hydrogen) atoms. The Bertz CT molecular complexity index is 1110. The summed E-state index contributed by atoms with van der Waals surface area (Å²) < 4.78 is 11.5. The Morgan fingerprint density at radius 2 is 1.75 bits per heavy atom. The fourth-order valence-electron chi connectivity index (χ4n) is 3.19. The quantitative estimate of drug-likeness (QED) is 0.397. The molecule has 1 heterocycles. The van der Waals surface area contributed by atoms with Gasteiger partial charge in [0.05, 0.1) is 5.56 Å². The standard InChI is InChI=1S/C26H28N2O4/c1-16(2)22-10-8-17(3)13-24(22)31-19(5)26(30)32-23-11-9-21(14-18(23)4)28-25(29)20-7-6-12-27-15-20/h6-16,19H,1-5H3,(H,28,29). The normalized spacial score (nSPS) is 11.7. The van der Waals surface area contributed by atoms with E-state index >= 15 is 0 Å². The Kier molecular flexibility index (Phi) is 7.25. The zero-order valence-corrected chi connectivity index (χ0v) is 19.0. The fourth-order valence-corrected chi connectivity index (χ4v) is 3.19. The van der Waals surface area contributed by atoms with Crippen LogP contribution in [-0.2, 0) is 4.79 Å². The molecule has 0 radical (unpaired) electrons. The number of carbonyl (C=O) groups excluding carboxylic acids is 2. The molecule has 0 aliphatic heterocycles. The topological polar surface area (TPSA) is 77.5 Å². The van der Waals surface area contributed by atoms with E-state index in [9.17, 15) is 9.59 Å². The van der Waals surface area contributed by atoms with Crippen LogP contribution in [0.15, 0.2) is 60.9 Å². The Balaban J connectivity index is 1.66. The summed E-state index contributed by atoms with van der Waals surface area (Å²) in [6.45, 7) is 9.63. The minimum absolute atomic E-state index is 0.261. The Morgan fingerprint density at radius 1 is 0.969 bits per heavy atom. The second-order valence-corrected chi connectivity index (χ2v) is 8.05. The molecular weight excluding hydrogens is 404 g/mol. The molecular formula is C26H28N2O4. The molecule has 1 unspecified atom stereocenters. The van der Waals surface area contributed by atoms with Gasteiger partial charge in [0, 0.05) is 18.1 Å². The number of hydrogen-bond donors (Lipinski definition) is 1. The molecule has 0 saturated heterocycles. The summed E-state index contributed by atoms with van der Waals surface area (Å²) in [5.74, 6) is 0.623. The number of benzene rings is 2. The lowest BCUT2D eigenvalue weighted by molar-refractivity contribution is -0.141. The molecule has 1 atom stereocenters. The SMILES string of the molecule is Cc1ccc(C(C)C)c(OC(C)C(=O)Oc2ccc(NC(=O)c3cccnc3)cc2C)c1. The highest BCUT2D eigenvalue weighted by atomic mass is 16.6. The highest BCUT2D eigenvalue weighted by Gasteiger charge is 2.20. The summed E-state index contributed by atoms with van der Waals surface area (Å²) in [6, 6.07) is 14.5. The van der Waals surface area contributed by atoms with Crippen LogP contribution in [0, 0.1) is 13.8 Å². The minimum atomic E-state index is -0.779. The van der Waals surface area contributed by atoms with E-state index in [4.69, 9.17) is 9.47 Å². The van der Waals surface area contributed by atoms with Crippen LogP contribution in [0.4, 0.5) is 5.69 Å². The Hall–Kier alpha value is -3.67. The van der Waals surface area contributed by atoms with E-state index < -0.39 is 12.1 Å². The molecule has 0 saturated carbocycles. The second-order valence-electron chi connectivity index (χ2n) is 8.05. The van der Waals surface area contributed by atoms with Crippen molar-refractivity contribution in [2.24, 2.45) is 0 Å². The van der Waals surface area contributed by atoms with Crippen LogP contribution in [0.3, 0.4) is 0 Å². The van der Waals surface area contributed by atoms with Gasteiger partial charge in [-0.3, -0.25) is 9.78 Å². The maximum absolute atomic E-state index is 12.7. The van der Waals surface area contributed by atoms with E-state index in [0.29, 0.717) is 28.3 Å². The van der Waals surface area contributed by atoms with Crippen LogP contribution in [0.5, 0.6) is 11.5 Å². The molecule has 2 aromatic carbocycles. The molecule has 6 heteroatoms. The van der Waals surface area contributed by atoms with Crippen molar-refractivity contribution in [2.75, 3.05) is 5.32 Å². The Morgan fingerprint density at radius 3 is 2.41 bits per heavy atom. The van der Waals surface area contributed by atoms with E-state index in [2.05, 4.69) is 24.1 Å². The third-order valence-corrected chi connectivity index (χ3v) is 4.99. The first kappa shape index (κ1) is 23.0. The summed E-state index contributed by atoms with van der Waals surface area (Å²) in [4.78, 5) is 28.9. The number of anilines is 1. The minimum Gasteiger partial charge on any atom is -0.479 e. The van der Waals surface area contributed by atoms with Gasteiger partial charge in [-0.15, -0.1) is 0 Å². The monoisotopic (exact) mass is 432 g/mol. The Labute approximate surface area is 188 Å². The lowest BCUT2D eigenvalue weighted by Crippen LogP contribution is -2.29. The highest BCUT2D eigenvalue weighted by Crippen LogP contribution is 2.29. The molecule has 3 aromatic rings. The molecule has 1 N–H and O–H groups in total. The van der Waals surface area contributed by atoms with Gasteiger partial charge in [-0.25, -0.2) is 4.79 Å². The summed E-state index contributed by atoms with van der Waals surface area (Å²) >= 11 is 0. The first-order valence-corrected chi connectivity index (χ1v) is 10.6. The van der Waals surface area contributed by atoms with Crippen molar-refractivity contribution in [2.45, 2.75) is 46.6 Å². The number of aromatic nitrogens is 1. The van der Waals surface area contributed by atoms with Crippen LogP contribution in [0.25, 0.3) is 0 Å². The summed E-state index contributed by atoms with van der Waals surface area (Å²) in [5, 5.41) is 2.81. The van der Waals surface area contributed by atoms with Gasteiger partial charge in [-0.05, 0) is 79.8 Å². The zero-order valence-electron chi connectivity index (χ0n) is 19.0. The highest BCUT2D eigenvalue weighted by molar-refractivity contribution is 6.04. The summed E-state index contributed by atoms with van der Waals surface area (Å²) in [5.41, 5.74) is 3.88. The predicted octanol–water partition coefficient (Wildman–Crippen LogP) is 5.45. The number of nitrogens with one attached hydrogen (secondary N) is 1. The maximum Gasteiger partial charge on any atom is 0.352 e. The molecule has 3 rings (SSSR count). The zero-order chi connectivity index (χ0) is 23.3. The van der Waals surface area contributed by atoms with Gasteiger partial charge in [-0.1, -0.05) is 26.0 Å². The molecule has 0 aliphatic rings. The van der Waals surface area contributed by atoms with Gasteiger partial charge in [0.25, 0.3) is 5.91 Å². The lowest BCUT2D eigenvalue weighted by Gasteiger charge is -2.19. The van der Waals surface area contributed by atoms with Gasteiger partial charge in [-0.2, -0.15) is 0 Å². The fraction of sp³-hybridized carbons (Fsp3) is 0.269. The number of ether oxygens (including phenoxy) is 2. The number of esters is 1. The molecule has 1 amide bonds. The van der Waals surface area contributed by atoms with Crippen molar-refractivity contribution < 1.29 is 19.1 Å². The van der Waals surface area contributed by atoms with Crippen LogP contribution < -0.4 is 14.8 Å². The van der Waals surface area contributed by atoms with Crippen LogP contribution in [0.2, 0.25) is 0 Å². The second kappa shape index (κ2) is 10.1. The van der Waals surface area contributed by atoms with Crippen LogP contribution in [-0.4, -0.2) is 23.0 Å². The maximum atomic E-state index is 12.7. The van der Waals surface area contributed by atoms with E-state index in [0.717, 1.165) is 11.1 Å². The smallest absolute Gasteiger partial charge is 0.352 e. The predicted molar refractivity (Wildman–Crippen MR) is 124 cm³/mol. The van der Waals surface area contributed by atoms with Gasteiger partial charge >= 0.3 is 5.97 Å². The van der Waals surface area contributed by atoms with Crippen molar-refractivity contribution in [1.29, 1.82) is 0 Å². The van der Waals surface area contributed by atoms with E-state index in [1.54, 1.807) is 43.5 Å². The largest absolute Gasteiger partial charge is 0.479 e. The number of amides is 1. The first-order valence-electron chi connectivity index (χ1n) is 10.6. The van der Waals surface area contributed by atoms with Gasteiger partial charge < -0.3 is 14.8 Å². The van der Waals surface area contributed by atoms with Crippen molar-refractivity contribution in [3.05, 3.63) is 83.2 Å². The van der Waals surface area contributed by atoms with Crippen molar-refractivity contribution in [3.63, 3.8) is 0 Å². The van der Waals surface area contributed by atoms with Gasteiger partial charge in [0.15, 0.2) is 6.10 Å². The third kappa shape index (κ3) is 5.72. The van der Waals surface area contributed by atoms with E-state index in [1.165, 1.54) is 6.20 Å². The lowest BCUT2D eigenvalue weighted by atomic mass is 10.0. The molecule has 6 nitrogen and oxygen atoms in total.